The zero-order valence-corrected chi connectivity index (χ0v) is 13.7. The lowest BCUT2D eigenvalue weighted by molar-refractivity contribution is -0.141. The van der Waals surface area contributed by atoms with E-state index >= 15 is 0 Å². The number of aromatic nitrogens is 1. The first-order valence-electron chi connectivity index (χ1n) is 7.59. The Morgan fingerprint density at radius 3 is 2.72 bits per heavy atom. The third-order valence-electron chi connectivity index (χ3n) is 4.11. The van der Waals surface area contributed by atoms with E-state index in [1.165, 1.54) is 14.2 Å². The Morgan fingerprint density at radius 1 is 1.32 bits per heavy atom. The molecule has 1 heterocycles. The van der Waals surface area contributed by atoms with Crippen LogP contribution in [0.1, 0.15) is 5.56 Å². The van der Waals surface area contributed by atoms with Crippen molar-refractivity contribution < 1.29 is 14.7 Å². The van der Waals surface area contributed by atoms with Gasteiger partial charge < -0.3 is 15.0 Å². The number of nitrogens with one attached hydrogen (secondary N) is 2. The number of hydrogen-bond donors (Lipinski definition) is 3. The Hall–Kier alpha value is -3.13. The van der Waals surface area contributed by atoms with Crippen LogP contribution in [0.2, 0.25) is 0 Å². The highest BCUT2D eigenvalue weighted by Crippen LogP contribution is 2.23. The quantitative estimate of drug-likeness (QED) is 0.344. The van der Waals surface area contributed by atoms with Crippen LogP contribution in [0, 0.1) is 0 Å². The van der Waals surface area contributed by atoms with E-state index in [1.807, 2.05) is 24.3 Å². The summed E-state index contributed by atoms with van der Waals surface area (Å²) in [7, 11) is 2.47. The number of rotatable bonds is 6. The first-order chi connectivity index (χ1) is 11.9. The van der Waals surface area contributed by atoms with Gasteiger partial charge in [0.05, 0.1) is 7.11 Å². The second-order valence-corrected chi connectivity index (χ2v) is 5.69. The molecule has 0 fully saturated rings. The number of ether oxygens (including phenoxy) is 1. The van der Waals surface area contributed by atoms with Gasteiger partial charge in [-0.3, -0.25) is 19.9 Å². The van der Waals surface area contributed by atoms with Gasteiger partial charge in [0, 0.05) is 30.6 Å². The van der Waals surface area contributed by atoms with Crippen LogP contribution in [-0.2, 0) is 16.0 Å². The number of anilines is 2. The Labute approximate surface area is 142 Å². The van der Waals surface area contributed by atoms with Crippen molar-refractivity contribution in [3.63, 3.8) is 0 Å². The normalized spacial score (nSPS) is 12.3. The first-order valence-corrected chi connectivity index (χ1v) is 7.59. The van der Waals surface area contributed by atoms with Gasteiger partial charge in [-0.25, -0.2) is 4.79 Å². The Morgan fingerprint density at radius 2 is 2.04 bits per heavy atom. The standard InChI is InChI=1S/C17H17N3O5/c1-20(24)14-13(15(21)16(14)22)19-12(17(23)25-2)7-9-8-18-11-6-4-3-5-10(9)11/h3-6,8,12,18-19,24H,7H2,1-2H3/t12-/m0/s1. The Kier molecular flexibility index (Phi) is 4.28. The Bertz CT molecular complexity index is 997. The van der Waals surface area contributed by atoms with Crippen molar-refractivity contribution in [3.8, 4) is 0 Å². The number of benzene rings is 1. The van der Waals surface area contributed by atoms with Gasteiger partial charge in [-0.05, 0) is 11.6 Å². The summed E-state index contributed by atoms with van der Waals surface area (Å²) in [5.74, 6) is -0.579. The number of methoxy groups -OCH3 is 1. The number of hydrogen-bond acceptors (Lipinski definition) is 7. The average Bonchev–Trinajstić information content (AvgIpc) is 3.02. The molecule has 0 radical (unpaired) electrons. The predicted molar refractivity (Wildman–Crippen MR) is 93.0 cm³/mol. The molecule has 0 aliphatic rings. The molecule has 0 spiro atoms. The van der Waals surface area contributed by atoms with Crippen LogP contribution in [0.3, 0.4) is 0 Å². The highest BCUT2D eigenvalue weighted by molar-refractivity contribution is 5.87. The molecule has 8 nitrogen and oxygen atoms in total. The molecular formula is C17H17N3O5. The lowest BCUT2D eigenvalue weighted by Gasteiger charge is -2.22. The maximum absolute atomic E-state index is 12.1. The van der Waals surface area contributed by atoms with E-state index in [-0.39, 0.29) is 17.8 Å². The molecule has 0 amide bonds. The van der Waals surface area contributed by atoms with E-state index < -0.39 is 22.9 Å². The summed E-state index contributed by atoms with van der Waals surface area (Å²) in [4.78, 5) is 38.6. The molecule has 0 aliphatic carbocycles. The summed E-state index contributed by atoms with van der Waals surface area (Å²) in [6.45, 7) is 0. The minimum Gasteiger partial charge on any atom is -0.467 e. The number of fused-ring (bicyclic) bond motifs is 1. The van der Waals surface area contributed by atoms with Crippen molar-refractivity contribution in [2.24, 2.45) is 0 Å². The summed E-state index contributed by atoms with van der Waals surface area (Å²) >= 11 is 0. The van der Waals surface area contributed by atoms with E-state index in [2.05, 4.69) is 10.3 Å². The van der Waals surface area contributed by atoms with E-state index in [4.69, 9.17) is 4.74 Å². The molecule has 0 saturated carbocycles. The molecule has 1 atom stereocenters. The van der Waals surface area contributed by atoms with Gasteiger partial charge in [0.15, 0.2) is 0 Å². The molecule has 0 aliphatic heterocycles. The van der Waals surface area contributed by atoms with Gasteiger partial charge in [0.2, 0.25) is 0 Å². The van der Waals surface area contributed by atoms with Crippen LogP contribution in [-0.4, -0.2) is 36.4 Å². The van der Waals surface area contributed by atoms with Crippen molar-refractivity contribution in [1.29, 1.82) is 0 Å². The summed E-state index contributed by atoms with van der Waals surface area (Å²) in [5.41, 5.74) is -0.0582. The molecule has 0 saturated heterocycles. The summed E-state index contributed by atoms with van der Waals surface area (Å²) in [6.07, 6.45) is 2.02. The number of carbonyl (C=O) groups excluding carboxylic acids is 1. The third-order valence-corrected chi connectivity index (χ3v) is 4.11. The number of para-hydroxylation sites is 1. The van der Waals surface area contributed by atoms with Gasteiger partial charge in [-0.2, -0.15) is 0 Å². The number of H-pyrrole nitrogens is 1. The topological polar surface area (TPSA) is 112 Å². The highest BCUT2D eigenvalue weighted by Gasteiger charge is 2.29. The summed E-state index contributed by atoms with van der Waals surface area (Å²) in [6, 6.07) is 6.72. The van der Waals surface area contributed by atoms with Crippen molar-refractivity contribution in [2.45, 2.75) is 12.5 Å². The van der Waals surface area contributed by atoms with Crippen LogP contribution in [0.15, 0.2) is 40.1 Å². The van der Waals surface area contributed by atoms with Crippen molar-refractivity contribution >= 4 is 28.2 Å². The van der Waals surface area contributed by atoms with Crippen molar-refractivity contribution in [2.75, 3.05) is 24.5 Å². The van der Waals surface area contributed by atoms with Crippen molar-refractivity contribution in [3.05, 3.63) is 56.5 Å². The van der Waals surface area contributed by atoms with Gasteiger partial charge in [0.1, 0.15) is 17.4 Å². The molecule has 8 heteroatoms. The van der Waals surface area contributed by atoms with E-state index in [0.29, 0.717) is 5.06 Å². The SMILES string of the molecule is COC(=O)[C@H](Cc1c[nH]c2ccccc12)Nc1c(N(C)O)c(=O)c1=O. The van der Waals surface area contributed by atoms with Crippen LogP contribution in [0.25, 0.3) is 10.9 Å². The second-order valence-electron chi connectivity index (χ2n) is 5.69. The van der Waals surface area contributed by atoms with Crippen LogP contribution in [0.5, 0.6) is 0 Å². The molecule has 3 N–H and O–H groups in total. The molecule has 130 valence electrons. The van der Waals surface area contributed by atoms with Crippen LogP contribution >= 0.6 is 0 Å². The number of hydroxylamine groups is 1. The zero-order chi connectivity index (χ0) is 18.1. The minimum atomic E-state index is -0.883. The number of esters is 1. The monoisotopic (exact) mass is 343 g/mol. The molecule has 0 bridgehead atoms. The molecule has 2 aromatic carbocycles. The smallest absolute Gasteiger partial charge is 0.328 e. The molecule has 1 aromatic heterocycles. The lowest BCUT2D eigenvalue weighted by atomic mass is 10.0. The molecule has 3 rings (SSSR count). The van der Waals surface area contributed by atoms with Crippen LogP contribution < -0.4 is 21.2 Å². The first kappa shape index (κ1) is 16.7. The summed E-state index contributed by atoms with van der Waals surface area (Å²) < 4.78 is 4.79. The molecule has 0 unspecified atom stereocenters. The van der Waals surface area contributed by atoms with Crippen LogP contribution in [0.4, 0.5) is 11.4 Å². The lowest BCUT2D eigenvalue weighted by Crippen LogP contribution is -2.44. The maximum Gasteiger partial charge on any atom is 0.328 e. The molecular weight excluding hydrogens is 326 g/mol. The molecule has 3 aromatic rings. The number of carbonyl (C=O) groups is 1. The predicted octanol–water partition coefficient (Wildman–Crippen LogP) is 0.785. The fraction of sp³-hybridized carbons (Fsp3) is 0.235. The van der Waals surface area contributed by atoms with E-state index in [0.717, 1.165) is 16.5 Å². The molecule has 25 heavy (non-hydrogen) atoms. The van der Waals surface area contributed by atoms with E-state index in [1.54, 1.807) is 6.20 Å². The fourth-order valence-corrected chi connectivity index (χ4v) is 2.85. The highest BCUT2D eigenvalue weighted by atomic mass is 16.5. The zero-order valence-electron chi connectivity index (χ0n) is 13.7. The average molecular weight is 343 g/mol. The third kappa shape index (κ3) is 2.87. The van der Waals surface area contributed by atoms with Crippen molar-refractivity contribution in [1.82, 2.24) is 4.98 Å². The Balaban J connectivity index is 1.92. The minimum absolute atomic E-state index is 0.0924. The number of aromatic amines is 1. The second kappa shape index (κ2) is 6.40. The summed E-state index contributed by atoms with van der Waals surface area (Å²) in [5, 5.41) is 13.7. The van der Waals surface area contributed by atoms with Gasteiger partial charge >= 0.3 is 5.97 Å². The van der Waals surface area contributed by atoms with Gasteiger partial charge in [-0.1, -0.05) is 18.2 Å². The van der Waals surface area contributed by atoms with Gasteiger partial charge in [0.25, 0.3) is 10.9 Å². The fourth-order valence-electron chi connectivity index (χ4n) is 2.85. The van der Waals surface area contributed by atoms with Gasteiger partial charge in [-0.15, -0.1) is 0 Å². The number of nitrogens with zero attached hydrogens (tertiary/aromatic N) is 1. The van der Waals surface area contributed by atoms with E-state index in [9.17, 15) is 19.6 Å². The largest absolute Gasteiger partial charge is 0.467 e. The maximum atomic E-state index is 12.1.